The second-order valence-corrected chi connectivity index (χ2v) is 6.14. The minimum Gasteiger partial charge on any atom is -0.482 e. The van der Waals surface area contributed by atoms with Crippen molar-refractivity contribution in [2.75, 3.05) is 17.2 Å². The van der Waals surface area contributed by atoms with Crippen molar-refractivity contribution in [2.45, 2.75) is 6.92 Å². The maximum atomic E-state index is 12.2. The first kappa shape index (κ1) is 18.5. The number of para-hydroxylation sites is 1. The minimum atomic E-state index is -0.372. The van der Waals surface area contributed by atoms with Crippen molar-refractivity contribution in [1.29, 1.82) is 0 Å². The third-order valence-electron chi connectivity index (χ3n) is 3.71. The summed E-state index contributed by atoms with van der Waals surface area (Å²) in [5.74, 6) is -0.0736. The SMILES string of the molecule is Cc1ccc(NC(=O)c2ccco2)cc1NC(=O)COc1ccccc1Cl. The van der Waals surface area contributed by atoms with Gasteiger partial charge >= 0.3 is 0 Å². The molecule has 6 nitrogen and oxygen atoms in total. The van der Waals surface area contributed by atoms with Crippen LogP contribution in [0.25, 0.3) is 0 Å². The molecule has 138 valence electrons. The van der Waals surface area contributed by atoms with Crippen molar-refractivity contribution in [2.24, 2.45) is 0 Å². The third-order valence-corrected chi connectivity index (χ3v) is 4.02. The number of carbonyl (C=O) groups is 2. The van der Waals surface area contributed by atoms with Crippen LogP contribution < -0.4 is 15.4 Å². The fraction of sp³-hybridized carbons (Fsp3) is 0.100. The van der Waals surface area contributed by atoms with Gasteiger partial charge in [-0.05, 0) is 48.9 Å². The Labute approximate surface area is 161 Å². The smallest absolute Gasteiger partial charge is 0.291 e. The molecule has 2 aromatic carbocycles. The molecule has 0 saturated heterocycles. The van der Waals surface area contributed by atoms with Crippen LogP contribution >= 0.6 is 11.6 Å². The highest BCUT2D eigenvalue weighted by molar-refractivity contribution is 6.32. The lowest BCUT2D eigenvalue weighted by Crippen LogP contribution is -2.21. The van der Waals surface area contributed by atoms with Crippen molar-refractivity contribution in [3.05, 3.63) is 77.2 Å². The van der Waals surface area contributed by atoms with Crippen LogP contribution in [-0.4, -0.2) is 18.4 Å². The van der Waals surface area contributed by atoms with E-state index in [1.165, 1.54) is 6.26 Å². The quantitative estimate of drug-likeness (QED) is 0.655. The van der Waals surface area contributed by atoms with E-state index in [4.69, 9.17) is 20.8 Å². The van der Waals surface area contributed by atoms with Crippen molar-refractivity contribution in [3.8, 4) is 5.75 Å². The lowest BCUT2D eigenvalue weighted by atomic mass is 10.1. The number of furan rings is 1. The summed E-state index contributed by atoms with van der Waals surface area (Å²) in [7, 11) is 0. The first-order valence-electron chi connectivity index (χ1n) is 8.15. The van der Waals surface area contributed by atoms with Crippen LogP contribution in [0.4, 0.5) is 11.4 Å². The lowest BCUT2D eigenvalue weighted by molar-refractivity contribution is -0.118. The van der Waals surface area contributed by atoms with E-state index in [-0.39, 0.29) is 24.2 Å². The molecule has 3 rings (SSSR count). The Morgan fingerprint density at radius 3 is 2.63 bits per heavy atom. The molecule has 2 amide bonds. The van der Waals surface area contributed by atoms with E-state index in [1.807, 2.05) is 6.92 Å². The van der Waals surface area contributed by atoms with Gasteiger partial charge in [0.15, 0.2) is 12.4 Å². The van der Waals surface area contributed by atoms with Crippen LogP contribution in [0.15, 0.2) is 65.3 Å². The van der Waals surface area contributed by atoms with Crippen molar-refractivity contribution in [3.63, 3.8) is 0 Å². The molecule has 2 N–H and O–H groups in total. The number of carbonyl (C=O) groups excluding carboxylic acids is 2. The number of benzene rings is 2. The predicted octanol–water partition coefficient (Wildman–Crippen LogP) is 4.51. The zero-order valence-electron chi connectivity index (χ0n) is 14.5. The minimum absolute atomic E-state index is 0.188. The van der Waals surface area contributed by atoms with E-state index in [0.717, 1.165) is 5.56 Å². The second-order valence-electron chi connectivity index (χ2n) is 5.73. The summed E-state index contributed by atoms with van der Waals surface area (Å²) in [5.41, 5.74) is 1.95. The molecule has 27 heavy (non-hydrogen) atoms. The number of hydrogen-bond donors (Lipinski definition) is 2. The molecular formula is C20H17ClN2O4. The Morgan fingerprint density at radius 2 is 1.89 bits per heavy atom. The number of aryl methyl sites for hydroxylation is 1. The summed E-state index contributed by atoms with van der Waals surface area (Å²) in [5, 5.41) is 5.92. The molecule has 0 fully saturated rings. The number of rotatable bonds is 6. The molecule has 0 radical (unpaired) electrons. The number of amides is 2. The number of halogens is 1. The van der Waals surface area contributed by atoms with Crippen molar-refractivity contribution < 1.29 is 18.7 Å². The normalized spacial score (nSPS) is 10.3. The molecule has 0 bridgehead atoms. The predicted molar refractivity (Wildman–Crippen MR) is 103 cm³/mol. The van der Waals surface area contributed by atoms with Gasteiger partial charge < -0.3 is 19.8 Å². The highest BCUT2D eigenvalue weighted by Crippen LogP contribution is 2.24. The first-order chi connectivity index (χ1) is 13.0. The van der Waals surface area contributed by atoms with Crippen LogP contribution in [0, 0.1) is 6.92 Å². The average Bonchev–Trinajstić information content (AvgIpc) is 3.19. The molecule has 1 heterocycles. The summed E-state index contributed by atoms with van der Waals surface area (Å²) >= 11 is 6.00. The molecule has 7 heteroatoms. The molecule has 0 spiro atoms. The topological polar surface area (TPSA) is 80.6 Å². The summed E-state index contributed by atoms with van der Waals surface area (Å²) in [6.07, 6.45) is 1.43. The summed E-state index contributed by atoms with van der Waals surface area (Å²) in [4.78, 5) is 24.2. The summed E-state index contributed by atoms with van der Waals surface area (Å²) < 4.78 is 10.5. The van der Waals surface area contributed by atoms with Gasteiger partial charge in [0, 0.05) is 11.4 Å². The van der Waals surface area contributed by atoms with Crippen molar-refractivity contribution >= 4 is 34.8 Å². The van der Waals surface area contributed by atoms with Gasteiger partial charge in [-0.25, -0.2) is 0 Å². The molecule has 0 aliphatic heterocycles. The Bertz CT molecular complexity index is 954. The Hall–Kier alpha value is -3.25. The Balaban J connectivity index is 1.63. The number of anilines is 2. The molecule has 0 aliphatic carbocycles. The number of nitrogens with one attached hydrogen (secondary N) is 2. The summed E-state index contributed by atoms with van der Waals surface area (Å²) in [6, 6.07) is 15.3. The zero-order valence-corrected chi connectivity index (χ0v) is 15.2. The van der Waals surface area contributed by atoms with Gasteiger partial charge in [0.25, 0.3) is 11.8 Å². The van der Waals surface area contributed by atoms with Gasteiger partial charge in [-0.15, -0.1) is 0 Å². The van der Waals surface area contributed by atoms with E-state index in [1.54, 1.807) is 54.6 Å². The van der Waals surface area contributed by atoms with Gasteiger partial charge in [-0.2, -0.15) is 0 Å². The average molecular weight is 385 g/mol. The van der Waals surface area contributed by atoms with Crippen LogP contribution in [0.3, 0.4) is 0 Å². The monoisotopic (exact) mass is 384 g/mol. The fourth-order valence-corrected chi connectivity index (χ4v) is 2.52. The first-order valence-corrected chi connectivity index (χ1v) is 8.53. The summed E-state index contributed by atoms with van der Waals surface area (Å²) in [6.45, 7) is 1.66. The van der Waals surface area contributed by atoms with Gasteiger partial charge in [0.1, 0.15) is 5.75 Å². The van der Waals surface area contributed by atoms with Gasteiger partial charge in [0.05, 0.1) is 11.3 Å². The van der Waals surface area contributed by atoms with Gasteiger partial charge in [0.2, 0.25) is 0 Å². The van der Waals surface area contributed by atoms with Crippen LogP contribution in [0.1, 0.15) is 16.1 Å². The van der Waals surface area contributed by atoms with Crippen LogP contribution in [0.2, 0.25) is 5.02 Å². The second kappa shape index (κ2) is 8.42. The molecule has 1 aromatic heterocycles. The molecule has 0 atom stereocenters. The van der Waals surface area contributed by atoms with E-state index in [9.17, 15) is 9.59 Å². The van der Waals surface area contributed by atoms with Crippen molar-refractivity contribution in [1.82, 2.24) is 0 Å². The van der Waals surface area contributed by atoms with Crippen LogP contribution in [-0.2, 0) is 4.79 Å². The van der Waals surface area contributed by atoms with Gasteiger partial charge in [-0.1, -0.05) is 29.8 Å². The third kappa shape index (κ3) is 4.89. The zero-order chi connectivity index (χ0) is 19.2. The Morgan fingerprint density at radius 1 is 1.07 bits per heavy atom. The highest BCUT2D eigenvalue weighted by Gasteiger charge is 2.11. The molecular weight excluding hydrogens is 368 g/mol. The number of ether oxygens (including phenoxy) is 1. The Kier molecular flexibility index (Phi) is 5.78. The molecule has 0 aliphatic rings. The molecule has 0 saturated carbocycles. The van der Waals surface area contributed by atoms with E-state index < -0.39 is 0 Å². The highest BCUT2D eigenvalue weighted by atomic mass is 35.5. The largest absolute Gasteiger partial charge is 0.482 e. The standard InChI is InChI=1S/C20H17ClN2O4/c1-13-8-9-14(22-20(25)18-7-4-10-26-18)11-16(13)23-19(24)12-27-17-6-3-2-5-15(17)21/h2-11H,12H2,1H3,(H,22,25)(H,23,24). The van der Waals surface area contributed by atoms with E-state index in [2.05, 4.69) is 10.6 Å². The van der Waals surface area contributed by atoms with Gasteiger partial charge in [-0.3, -0.25) is 9.59 Å². The molecule has 0 unspecified atom stereocenters. The maximum Gasteiger partial charge on any atom is 0.291 e. The van der Waals surface area contributed by atoms with E-state index in [0.29, 0.717) is 22.1 Å². The van der Waals surface area contributed by atoms with Crippen LogP contribution in [0.5, 0.6) is 5.75 Å². The lowest BCUT2D eigenvalue weighted by Gasteiger charge is -2.12. The van der Waals surface area contributed by atoms with E-state index >= 15 is 0 Å². The number of hydrogen-bond acceptors (Lipinski definition) is 4. The molecule has 3 aromatic rings. The maximum absolute atomic E-state index is 12.2. The fourth-order valence-electron chi connectivity index (χ4n) is 2.33.